The highest BCUT2D eigenvalue weighted by atomic mass is 28.3. The van der Waals surface area contributed by atoms with Gasteiger partial charge in [0.15, 0.2) is 0 Å². The third-order valence-electron chi connectivity index (χ3n) is 16.0. The van der Waals surface area contributed by atoms with Crippen LogP contribution < -0.4 is 15.0 Å². The third kappa shape index (κ3) is 12.3. The van der Waals surface area contributed by atoms with Crippen LogP contribution in [0, 0.1) is 6.92 Å². The molecule has 0 heterocycles. The number of hydrogen-bond acceptors (Lipinski definition) is 2. The van der Waals surface area contributed by atoms with Gasteiger partial charge in [-0.05, 0) is 155 Å². The molecule has 76 heavy (non-hydrogen) atoms. The van der Waals surface area contributed by atoms with Gasteiger partial charge >= 0.3 is 0 Å². The SMILES string of the molecule is Cc1ccc2c(N(c3cc(C(C)(C)C)cc(C(C)(C)C)c3)c3cc(C(C)(C)C)cc(C(C)(C)C)c3)c3cc(C(C)(C)C)ccc3c(N(c3cc([SiH](C)C)cc(C(C)(C)C)c3)c3cc(C(C)(C)C)cc(C(C)(C)C)c3)c2c1. The van der Waals surface area contributed by atoms with E-state index in [0.29, 0.717) is 0 Å². The summed E-state index contributed by atoms with van der Waals surface area (Å²) in [6, 6.07) is 44.9. The normalized spacial score (nSPS) is 13.6. The van der Waals surface area contributed by atoms with Gasteiger partial charge < -0.3 is 9.80 Å². The highest BCUT2D eigenvalue weighted by Gasteiger charge is 2.33. The number of aryl methyl sites for hydroxylation is 1. The predicted molar refractivity (Wildman–Crippen MR) is 344 cm³/mol. The lowest BCUT2D eigenvalue weighted by atomic mass is 9.79. The number of anilines is 6. The van der Waals surface area contributed by atoms with Gasteiger partial charge in [-0.3, -0.25) is 0 Å². The Hall–Kier alpha value is -5.12. The Labute approximate surface area is 465 Å². The van der Waals surface area contributed by atoms with Crippen molar-refractivity contribution < 1.29 is 0 Å². The fourth-order valence-electron chi connectivity index (χ4n) is 10.4. The zero-order valence-corrected chi connectivity index (χ0v) is 54.0. The topological polar surface area (TPSA) is 6.48 Å². The van der Waals surface area contributed by atoms with Crippen LogP contribution in [0.3, 0.4) is 0 Å². The zero-order valence-electron chi connectivity index (χ0n) is 52.9. The highest BCUT2D eigenvalue weighted by molar-refractivity contribution is 6.70. The first-order valence-electron chi connectivity index (χ1n) is 28.7. The largest absolute Gasteiger partial charge is 0.309 e. The molecule has 0 unspecified atom stereocenters. The van der Waals surface area contributed by atoms with Crippen LogP contribution in [-0.4, -0.2) is 8.80 Å². The van der Waals surface area contributed by atoms with Crippen LogP contribution in [0.4, 0.5) is 34.1 Å². The molecule has 0 spiro atoms. The molecular formula is C73H100N2Si. The van der Waals surface area contributed by atoms with Crippen LogP contribution in [0.2, 0.25) is 13.1 Å². The molecule has 7 aromatic carbocycles. The first kappa shape index (κ1) is 58.6. The zero-order chi connectivity index (χ0) is 57.0. The van der Waals surface area contributed by atoms with Gasteiger partial charge in [0, 0.05) is 44.3 Å². The van der Waals surface area contributed by atoms with Crippen molar-refractivity contribution in [1.29, 1.82) is 0 Å². The lowest BCUT2D eigenvalue weighted by molar-refractivity contribution is 0.567. The summed E-state index contributed by atoms with van der Waals surface area (Å²) >= 11 is 0. The standard InChI is InChI=1S/C73H100N2Si/c1-46-28-30-60-62(32-46)64(75(58-42-54(73(23,24)25)43-59(45-58)76(26)27)57-40-52(71(17,18)19)35-53(41-57)72(20,21)22)61-31-29-47(66(2,3)4)44-63(61)65(60)74(55-36-48(67(5,6)7)33-49(37-55)68(8,9)10)56-38-50(69(11,12)13)34-51(39-56)70(14,15)16/h28-45,76H,1-27H3. The smallest absolute Gasteiger partial charge is 0.0648 e. The molecule has 0 aliphatic carbocycles. The maximum absolute atomic E-state index is 2.70. The summed E-state index contributed by atoms with van der Waals surface area (Å²) in [7, 11) is -1.29. The molecule has 7 aromatic rings. The Morgan fingerprint density at radius 1 is 0.263 bits per heavy atom. The minimum atomic E-state index is -1.29. The molecule has 0 saturated carbocycles. The number of benzene rings is 7. The molecule has 0 radical (unpaired) electrons. The Morgan fingerprint density at radius 3 is 0.816 bits per heavy atom. The van der Waals surface area contributed by atoms with Gasteiger partial charge in [0.25, 0.3) is 0 Å². The maximum atomic E-state index is 2.70. The number of fused-ring (bicyclic) bond motifs is 2. The van der Waals surface area contributed by atoms with Crippen LogP contribution in [0.5, 0.6) is 0 Å². The van der Waals surface area contributed by atoms with E-state index in [4.69, 9.17) is 0 Å². The van der Waals surface area contributed by atoms with E-state index < -0.39 is 8.80 Å². The average molecular weight is 1030 g/mol. The Morgan fingerprint density at radius 2 is 0.526 bits per heavy atom. The van der Waals surface area contributed by atoms with Crippen LogP contribution >= 0.6 is 0 Å². The maximum Gasteiger partial charge on any atom is 0.0648 e. The summed E-state index contributed by atoms with van der Waals surface area (Å²) in [5.41, 5.74) is 18.5. The summed E-state index contributed by atoms with van der Waals surface area (Å²) in [5.74, 6) is 0. The molecule has 0 aromatic heterocycles. The molecule has 2 nitrogen and oxygen atoms in total. The van der Waals surface area contributed by atoms with Gasteiger partial charge in [0.1, 0.15) is 0 Å². The van der Waals surface area contributed by atoms with Crippen molar-refractivity contribution in [1.82, 2.24) is 0 Å². The van der Waals surface area contributed by atoms with E-state index in [9.17, 15) is 0 Å². The minimum absolute atomic E-state index is 0.0583. The van der Waals surface area contributed by atoms with Crippen molar-refractivity contribution in [2.45, 2.75) is 230 Å². The molecule has 0 atom stereocenters. The molecule has 0 aliphatic rings. The van der Waals surface area contributed by atoms with Crippen LogP contribution in [0.1, 0.15) is 216 Å². The molecule has 0 amide bonds. The molecule has 0 N–H and O–H groups in total. The van der Waals surface area contributed by atoms with Crippen molar-refractivity contribution in [2.24, 2.45) is 0 Å². The van der Waals surface area contributed by atoms with E-state index in [0.717, 1.165) is 0 Å². The summed E-state index contributed by atoms with van der Waals surface area (Å²) in [6.45, 7) is 64.2. The predicted octanol–water partition coefficient (Wildman–Crippen LogP) is 21.3. The molecule has 0 fully saturated rings. The fourth-order valence-corrected chi connectivity index (χ4v) is 11.4. The first-order chi connectivity index (χ1) is 34.4. The van der Waals surface area contributed by atoms with Crippen molar-refractivity contribution >= 4 is 69.7 Å². The molecule has 0 aliphatic heterocycles. The van der Waals surface area contributed by atoms with Gasteiger partial charge in [0.05, 0.1) is 20.2 Å². The minimum Gasteiger partial charge on any atom is -0.309 e. The lowest BCUT2D eigenvalue weighted by Gasteiger charge is -2.37. The summed E-state index contributed by atoms with van der Waals surface area (Å²) in [5, 5.41) is 6.44. The van der Waals surface area contributed by atoms with Gasteiger partial charge in [-0.2, -0.15) is 0 Å². The lowest BCUT2D eigenvalue weighted by Crippen LogP contribution is -2.27. The van der Waals surface area contributed by atoms with Crippen LogP contribution in [0.25, 0.3) is 21.5 Å². The Balaban J connectivity index is 1.84. The number of hydrogen-bond donors (Lipinski definition) is 0. The first-order valence-corrected chi connectivity index (χ1v) is 31.6. The van der Waals surface area contributed by atoms with Gasteiger partial charge in [-0.1, -0.05) is 239 Å². The van der Waals surface area contributed by atoms with E-state index in [1.807, 2.05) is 0 Å². The second-order valence-corrected chi connectivity index (χ2v) is 34.4. The van der Waals surface area contributed by atoms with Gasteiger partial charge in [-0.25, -0.2) is 0 Å². The second-order valence-electron chi connectivity index (χ2n) is 31.5. The summed E-state index contributed by atoms with van der Waals surface area (Å²) in [4.78, 5) is 5.39. The fraction of sp³-hybridized carbons (Fsp3) is 0.479. The molecule has 0 bridgehead atoms. The molecule has 7 rings (SSSR count). The van der Waals surface area contributed by atoms with Crippen molar-refractivity contribution in [3.63, 3.8) is 0 Å². The van der Waals surface area contributed by atoms with Crippen molar-refractivity contribution in [2.75, 3.05) is 9.80 Å². The van der Waals surface area contributed by atoms with Crippen molar-refractivity contribution in [3.05, 3.63) is 159 Å². The number of nitrogens with zero attached hydrogens (tertiary/aromatic N) is 2. The molecule has 0 saturated heterocycles. The van der Waals surface area contributed by atoms with Gasteiger partial charge in [0.2, 0.25) is 0 Å². The monoisotopic (exact) mass is 1030 g/mol. The van der Waals surface area contributed by atoms with E-state index in [2.05, 4.69) is 305 Å². The molecule has 3 heteroatoms. The van der Waals surface area contributed by atoms with Gasteiger partial charge in [-0.15, -0.1) is 0 Å². The van der Waals surface area contributed by atoms with Crippen LogP contribution in [-0.2, 0) is 43.3 Å². The summed E-state index contributed by atoms with van der Waals surface area (Å²) < 4.78 is 0. The Bertz CT molecular complexity index is 3130. The van der Waals surface area contributed by atoms with E-state index in [1.54, 1.807) is 0 Å². The summed E-state index contributed by atoms with van der Waals surface area (Å²) in [6.07, 6.45) is 0. The van der Waals surface area contributed by atoms with Crippen LogP contribution in [0.15, 0.2) is 109 Å². The third-order valence-corrected chi connectivity index (χ3v) is 17.7. The Kier molecular flexibility index (Phi) is 15.1. The highest BCUT2D eigenvalue weighted by Crippen LogP contribution is 2.54. The van der Waals surface area contributed by atoms with E-state index >= 15 is 0 Å². The molecular weight excluding hydrogens is 933 g/mol. The van der Waals surface area contributed by atoms with E-state index in [-0.39, 0.29) is 43.3 Å². The number of rotatable bonds is 7. The average Bonchev–Trinajstić information content (AvgIpc) is 3.27. The second kappa shape index (κ2) is 19.7. The van der Waals surface area contributed by atoms with Crippen molar-refractivity contribution in [3.8, 4) is 0 Å². The molecule has 406 valence electrons. The quantitative estimate of drug-likeness (QED) is 0.0892. The van der Waals surface area contributed by atoms with E-state index in [1.165, 1.54) is 111 Å².